The van der Waals surface area contributed by atoms with Gasteiger partial charge >= 0.3 is 12.1 Å². The van der Waals surface area contributed by atoms with Gasteiger partial charge in [-0.2, -0.15) is 13.2 Å². The summed E-state index contributed by atoms with van der Waals surface area (Å²) in [7, 11) is 0. The summed E-state index contributed by atoms with van der Waals surface area (Å²) in [4.78, 5) is 0. The van der Waals surface area contributed by atoms with E-state index in [0.717, 1.165) is 6.42 Å². The third-order valence-corrected chi connectivity index (χ3v) is 2.11. The molecular formula is C7H7F3N2O. The third-order valence-electron chi connectivity index (χ3n) is 2.11. The molecule has 2 atom stereocenters. The van der Waals surface area contributed by atoms with Crippen LogP contribution in [0.5, 0.6) is 0 Å². The molecule has 1 aromatic heterocycles. The Labute approximate surface area is 71.9 Å². The third kappa shape index (κ3) is 1.52. The Balaban J connectivity index is 2.19. The molecule has 2 unspecified atom stereocenters. The highest BCUT2D eigenvalue weighted by Crippen LogP contribution is 2.46. The second-order valence-electron chi connectivity index (χ2n) is 3.26. The molecular weight excluding hydrogens is 185 g/mol. The van der Waals surface area contributed by atoms with Crippen molar-refractivity contribution in [2.75, 3.05) is 0 Å². The number of nitrogens with zero attached hydrogens (tertiary/aromatic N) is 2. The molecule has 0 bridgehead atoms. The van der Waals surface area contributed by atoms with Crippen molar-refractivity contribution < 1.29 is 17.6 Å². The summed E-state index contributed by atoms with van der Waals surface area (Å²) in [5.41, 5.74) is 0. The second kappa shape index (κ2) is 2.46. The fraction of sp³-hybridized carbons (Fsp3) is 0.714. The van der Waals surface area contributed by atoms with Crippen LogP contribution in [0, 0.1) is 5.92 Å². The van der Waals surface area contributed by atoms with E-state index < -0.39 is 12.1 Å². The maximum absolute atomic E-state index is 12.0. The number of aromatic nitrogens is 2. The molecule has 6 heteroatoms. The van der Waals surface area contributed by atoms with Crippen LogP contribution >= 0.6 is 0 Å². The highest BCUT2D eigenvalue weighted by atomic mass is 19.4. The Kier molecular flexibility index (Phi) is 1.61. The molecule has 1 aliphatic rings. The zero-order valence-electron chi connectivity index (χ0n) is 6.80. The molecule has 72 valence electrons. The van der Waals surface area contributed by atoms with Gasteiger partial charge in [-0.05, 0) is 12.3 Å². The van der Waals surface area contributed by atoms with E-state index in [4.69, 9.17) is 0 Å². The van der Waals surface area contributed by atoms with Crippen molar-refractivity contribution in [3.63, 3.8) is 0 Å². The Bertz CT molecular complexity index is 320. The largest absolute Gasteiger partial charge is 0.470 e. The van der Waals surface area contributed by atoms with Gasteiger partial charge in [-0.25, -0.2) is 0 Å². The molecule has 1 aliphatic carbocycles. The van der Waals surface area contributed by atoms with Gasteiger partial charge in [0.05, 0.1) is 0 Å². The van der Waals surface area contributed by atoms with Crippen molar-refractivity contribution in [2.24, 2.45) is 5.92 Å². The van der Waals surface area contributed by atoms with Gasteiger partial charge in [0.25, 0.3) is 0 Å². The number of hydrogen-bond acceptors (Lipinski definition) is 3. The van der Waals surface area contributed by atoms with Gasteiger partial charge in [-0.3, -0.25) is 0 Å². The van der Waals surface area contributed by atoms with Crippen LogP contribution in [-0.2, 0) is 6.18 Å². The van der Waals surface area contributed by atoms with E-state index in [9.17, 15) is 13.2 Å². The highest BCUT2D eigenvalue weighted by molar-refractivity contribution is 5.05. The van der Waals surface area contributed by atoms with Gasteiger partial charge in [-0.15, -0.1) is 10.2 Å². The first-order valence-electron chi connectivity index (χ1n) is 3.89. The number of alkyl halides is 3. The lowest BCUT2D eigenvalue weighted by molar-refractivity contribution is -0.157. The van der Waals surface area contributed by atoms with Crippen LogP contribution in [0.2, 0.25) is 0 Å². The molecule has 0 saturated heterocycles. The Morgan fingerprint density at radius 3 is 2.38 bits per heavy atom. The summed E-state index contributed by atoms with van der Waals surface area (Å²) >= 11 is 0. The molecule has 0 aromatic carbocycles. The summed E-state index contributed by atoms with van der Waals surface area (Å²) in [5, 5.41) is 6.30. The molecule has 1 heterocycles. The maximum Gasteiger partial charge on any atom is 0.470 e. The normalized spacial score (nSPS) is 27.7. The molecule has 2 rings (SSSR count). The van der Waals surface area contributed by atoms with Crippen LogP contribution in [0.25, 0.3) is 0 Å². The fourth-order valence-electron chi connectivity index (χ4n) is 1.17. The Morgan fingerprint density at radius 1 is 1.38 bits per heavy atom. The standard InChI is InChI=1S/C7H7F3N2O/c1-3-2-4(3)5-11-12-6(13-5)7(8,9)10/h3-4H,2H2,1H3. The monoisotopic (exact) mass is 192 g/mol. The number of halogens is 3. The first-order valence-corrected chi connectivity index (χ1v) is 3.89. The molecule has 13 heavy (non-hydrogen) atoms. The van der Waals surface area contributed by atoms with Crippen LogP contribution in [0.3, 0.4) is 0 Å². The molecule has 1 fully saturated rings. The predicted octanol–water partition coefficient (Wildman–Crippen LogP) is 2.21. The summed E-state index contributed by atoms with van der Waals surface area (Å²) in [6, 6.07) is 0. The topological polar surface area (TPSA) is 38.9 Å². The fourth-order valence-corrected chi connectivity index (χ4v) is 1.17. The van der Waals surface area contributed by atoms with Crippen molar-refractivity contribution in [2.45, 2.75) is 25.4 Å². The van der Waals surface area contributed by atoms with Crippen LogP contribution in [0.4, 0.5) is 13.2 Å². The molecule has 0 spiro atoms. The number of rotatable bonds is 1. The molecule has 1 saturated carbocycles. The van der Waals surface area contributed by atoms with E-state index in [1.54, 1.807) is 0 Å². The van der Waals surface area contributed by atoms with Gasteiger partial charge < -0.3 is 4.42 Å². The first-order chi connectivity index (χ1) is 5.98. The molecule has 0 aliphatic heterocycles. The lowest BCUT2D eigenvalue weighted by Gasteiger charge is -1.96. The van der Waals surface area contributed by atoms with E-state index >= 15 is 0 Å². The molecule has 0 N–H and O–H groups in total. The summed E-state index contributed by atoms with van der Waals surface area (Å²) in [5.74, 6) is -0.744. The van der Waals surface area contributed by atoms with Crippen molar-refractivity contribution in [1.82, 2.24) is 10.2 Å². The minimum Gasteiger partial charge on any atom is -0.417 e. The average Bonchev–Trinajstić information content (AvgIpc) is 2.57. The van der Waals surface area contributed by atoms with E-state index in [2.05, 4.69) is 14.6 Å². The van der Waals surface area contributed by atoms with Crippen LogP contribution in [0.15, 0.2) is 4.42 Å². The Hall–Kier alpha value is -1.07. The average molecular weight is 192 g/mol. The highest BCUT2D eigenvalue weighted by Gasteiger charge is 2.43. The zero-order valence-corrected chi connectivity index (χ0v) is 6.80. The lowest BCUT2D eigenvalue weighted by Crippen LogP contribution is -2.04. The Morgan fingerprint density at radius 2 is 2.00 bits per heavy atom. The zero-order chi connectivity index (χ0) is 9.64. The van der Waals surface area contributed by atoms with Crippen LogP contribution in [0.1, 0.15) is 31.0 Å². The number of hydrogen-bond donors (Lipinski definition) is 0. The van der Waals surface area contributed by atoms with Crippen LogP contribution in [-0.4, -0.2) is 10.2 Å². The van der Waals surface area contributed by atoms with Gasteiger partial charge in [0.1, 0.15) is 0 Å². The summed E-state index contributed by atoms with van der Waals surface area (Å²) < 4.78 is 40.5. The van der Waals surface area contributed by atoms with E-state index in [-0.39, 0.29) is 11.8 Å². The summed E-state index contributed by atoms with van der Waals surface area (Å²) in [6.45, 7) is 1.93. The van der Waals surface area contributed by atoms with Crippen molar-refractivity contribution >= 4 is 0 Å². The first kappa shape index (κ1) is 8.52. The molecule has 3 nitrogen and oxygen atoms in total. The smallest absolute Gasteiger partial charge is 0.417 e. The van der Waals surface area contributed by atoms with E-state index in [1.807, 2.05) is 6.92 Å². The minimum absolute atomic E-state index is 0.0311. The second-order valence-corrected chi connectivity index (χ2v) is 3.26. The van der Waals surface area contributed by atoms with Crippen molar-refractivity contribution in [1.29, 1.82) is 0 Å². The van der Waals surface area contributed by atoms with Gasteiger partial charge in [-0.1, -0.05) is 6.92 Å². The SMILES string of the molecule is CC1CC1c1nnc(C(F)(F)F)o1. The van der Waals surface area contributed by atoms with Gasteiger partial charge in [0.15, 0.2) is 0 Å². The van der Waals surface area contributed by atoms with Crippen molar-refractivity contribution in [3.8, 4) is 0 Å². The predicted molar refractivity (Wildman–Crippen MR) is 35.8 cm³/mol. The molecule has 0 radical (unpaired) electrons. The lowest BCUT2D eigenvalue weighted by atomic mass is 10.3. The minimum atomic E-state index is -4.52. The van der Waals surface area contributed by atoms with Gasteiger partial charge in [0, 0.05) is 5.92 Å². The van der Waals surface area contributed by atoms with E-state index in [1.165, 1.54) is 0 Å². The molecule has 0 amide bonds. The van der Waals surface area contributed by atoms with Crippen molar-refractivity contribution in [3.05, 3.63) is 11.8 Å². The summed E-state index contributed by atoms with van der Waals surface area (Å²) in [6.07, 6.45) is -3.69. The molecule has 1 aromatic rings. The van der Waals surface area contributed by atoms with Crippen LogP contribution < -0.4 is 0 Å². The van der Waals surface area contributed by atoms with Gasteiger partial charge in [0.2, 0.25) is 5.89 Å². The van der Waals surface area contributed by atoms with E-state index in [0.29, 0.717) is 5.92 Å². The maximum atomic E-state index is 12.0. The quantitative estimate of drug-likeness (QED) is 0.684.